The Balaban J connectivity index is 3.16. The fourth-order valence-electron chi connectivity index (χ4n) is 1.16. The van der Waals surface area contributed by atoms with Crippen molar-refractivity contribution in [1.82, 2.24) is 0 Å². The molecule has 0 radical (unpaired) electrons. The van der Waals surface area contributed by atoms with Gasteiger partial charge in [-0.15, -0.1) is 0 Å². The topological polar surface area (TPSA) is 52.3 Å². The van der Waals surface area contributed by atoms with Gasteiger partial charge in [0, 0.05) is 5.56 Å². The van der Waals surface area contributed by atoms with Crippen LogP contribution in [0, 0.1) is 18.6 Å². The lowest BCUT2D eigenvalue weighted by molar-refractivity contribution is -0.142. The van der Waals surface area contributed by atoms with Crippen LogP contribution in [-0.4, -0.2) is 13.1 Å². The van der Waals surface area contributed by atoms with Crippen LogP contribution in [-0.2, 0) is 9.53 Å². The monoisotopic (exact) mass is 215 g/mol. The van der Waals surface area contributed by atoms with E-state index in [9.17, 15) is 13.6 Å². The molecule has 0 fully saturated rings. The zero-order valence-electron chi connectivity index (χ0n) is 8.38. The highest BCUT2D eigenvalue weighted by molar-refractivity contribution is 5.77. The molecule has 3 nitrogen and oxygen atoms in total. The number of hydrogen-bond donors (Lipinski definition) is 1. The molecule has 5 heteroatoms. The number of carbonyl (C=O) groups is 1. The Labute approximate surface area is 85.8 Å². The molecular formula is C10H11F2NO2. The molecule has 0 spiro atoms. The molecule has 0 saturated carbocycles. The van der Waals surface area contributed by atoms with Crippen molar-refractivity contribution in [2.75, 3.05) is 7.11 Å². The summed E-state index contributed by atoms with van der Waals surface area (Å²) in [6.45, 7) is 1.42. The van der Waals surface area contributed by atoms with E-state index in [0.29, 0.717) is 0 Å². The number of carbonyl (C=O) groups excluding carboxylic acids is 1. The van der Waals surface area contributed by atoms with Crippen LogP contribution in [0.1, 0.15) is 17.2 Å². The summed E-state index contributed by atoms with van der Waals surface area (Å²) in [4.78, 5) is 11.0. The Morgan fingerprint density at radius 1 is 1.40 bits per heavy atom. The summed E-state index contributed by atoms with van der Waals surface area (Å²) in [6.07, 6.45) is 0. The molecule has 0 aromatic heterocycles. The number of ether oxygens (including phenoxy) is 1. The van der Waals surface area contributed by atoms with E-state index in [1.165, 1.54) is 19.1 Å². The fourth-order valence-corrected chi connectivity index (χ4v) is 1.16. The van der Waals surface area contributed by atoms with Gasteiger partial charge in [0.1, 0.15) is 6.04 Å². The second-order valence-electron chi connectivity index (χ2n) is 3.10. The maximum atomic E-state index is 13.3. The molecule has 0 unspecified atom stereocenters. The summed E-state index contributed by atoms with van der Waals surface area (Å²) in [7, 11) is 1.13. The molecule has 15 heavy (non-hydrogen) atoms. The molecule has 0 heterocycles. The predicted octanol–water partition coefficient (Wildman–Crippen LogP) is 1.45. The van der Waals surface area contributed by atoms with Gasteiger partial charge in [0.15, 0.2) is 11.6 Å². The smallest absolute Gasteiger partial charge is 0.327 e. The molecule has 1 aromatic carbocycles. The van der Waals surface area contributed by atoms with Gasteiger partial charge in [-0.3, -0.25) is 4.79 Å². The van der Waals surface area contributed by atoms with Crippen LogP contribution in [0.3, 0.4) is 0 Å². The summed E-state index contributed by atoms with van der Waals surface area (Å²) in [5, 5.41) is 0. The third-order valence-corrected chi connectivity index (χ3v) is 2.10. The highest BCUT2D eigenvalue weighted by Crippen LogP contribution is 2.20. The molecule has 0 aliphatic carbocycles. The minimum atomic E-state index is -1.30. The number of aryl methyl sites for hydroxylation is 1. The van der Waals surface area contributed by atoms with E-state index in [1.807, 2.05) is 0 Å². The summed E-state index contributed by atoms with van der Waals surface area (Å²) in [5.74, 6) is -2.91. The van der Waals surface area contributed by atoms with E-state index in [2.05, 4.69) is 4.74 Å². The minimum absolute atomic E-state index is 0.160. The van der Waals surface area contributed by atoms with Crippen LogP contribution < -0.4 is 5.73 Å². The lowest BCUT2D eigenvalue weighted by atomic mass is 10.0. The molecule has 0 amide bonds. The number of benzene rings is 1. The van der Waals surface area contributed by atoms with Crippen LogP contribution in [0.2, 0.25) is 0 Å². The Kier molecular flexibility index (Phi) is 3.36. The summed E-state index contributed by atoms with van der Waals surface area (Å²) in [5.41, 5.74) is 5.34. The van der Waals surface area contributed by atoms with Gasteiger partial charge in [-0.05, 0) is 12.5 Å². The molecule has 0 bridgehead atoms. The van der Waals surface area contributed by atoms with Crippen molar-refractivity contribution in [2.24, 2.45) is 5.73 Å². The van der Waals surface area contributed by atoms with Gasteiger partial charge in [0.25, 0.3) is 0 Å². The maximum Gasteiger partial charge on any atom is 0.327 e. The minimum Gasteiger partial charge on any atom is -0.468 e. The largest absolute Gasteiger partial charge is 0.468 e. The first-order valence-electron chi connectivity index (χ1n) is 4.27. The SMILES string of the molecule is COC(=O)[C@H](N)c1ccc(C)c(F)c1F. The number of methoxy groups -OCH3 is 1. The Bertz CT molecular complexity index is 393. The van der Waals surface area contributed by atoms with Crippen molar-refractivity contribution in [3.63, 3.8) is 0 Å². The normalized spacial score (nSPS) is 12.3. The van der Waals surface area contributed by atoms with Crippen LogP contribution >= 0.6 is 0 Å². The standard InChI is InChI=1S/C10H11F2NO2/c1-5-3-4-6(8(12)7(5)11)9(13)10(14)15-2/h3-4,9H,13H2,1-2H3/t9-/m1/s1. The number of hydrogen-bond acceptors (Lipinski definition) is 3. The van der Waals surface area contributed by atoms with Gasteiger partial charge >= 0.3 is 5.97 Å². The fraction of sp³-hybridized carbons (Fsp3) is 0.300. The first kappa shape index (κ1) is 11.6. The Morgan fingerprint density at radius 2 is 2.00 bits per heavy atom. The van der Waals surface area contributed by atoms with Crippen molar-refractivity contribution in [2.45, 2.75) is 13.0 Å². The molecule has 0 aliphatic rings. The lowest BCUT2D eigenvalue weighted by Gasteiger charge is -2.11. The average molecular weight is 215 g/mol. The highest BCUT2D eigenvalue weighted by Gasteiger charge is 2.22. The van der Waals surface area contributed by atoms with Crippen molar-refractivity contribution in [3.05, 3.63) is 34.9 Å². The van der Waals surface area contributed by atoms with E-state index in [4.69, 9.17) is 5.73 Å². The molecule has 1 aromatic rings. The van der Waals surface area contributed by atoms with E-state index < -0.39 is 23.6 Å². The van der Waals surface area contributed by atoms with Crippen LogP contribution in [0.25, 0.3) is 0 Å². The van der Waals surface area contributed by atoms with E-state index in [1.54, 1.807) is 0 Å². The Hall–Kier alpha value is -1.49. The first-order chi connectivity index (χ1) is 6.99. The maximum absolute atomic E-state index is 13.3. The van der Waals surface area contributed by atoms with E-state index in [0.717, 1.165) is 7.11 Å². The van der Waals surface area contributed by atoms with E-state index in [-0.39, 0.29) is 11.1 Å². The molecule has 1 rings (SSSR count). The Morgan fingerprint density at radius 3 is 2.53 bits per heavy atom. The molecule has 2 N–H and O–H groups in total. The van der Waals surface area contributed by atoms with Crippen molar-refractivity contribution < 1.29 is 18.3 Å². The second-order valence-corrected chi connectivity index (χ2v) is 3.10. The van der Waals surface area contributed by atoms with Crippen LogP contribution in [0.4, 0.5) is 8.78 Å². The van der Waals surface area contributed by atoms with Gasteiger partial charge in [-0.2, -0.15) is 0 Å². The zero-order chi connectivity index (χ0) is 11.6. The van der Waals surface area contributed by atoms with Gasteiger partial charge in [-0.1, -0.05) is 12.1 Å². The third-order valence-electron chi connectivity index (χ3n) is 2.10. The van der Waals surface area contributed by atoms with Crippen LogP contribution in [0.5, 0.6) is 0 Å². The summed E-state index contributed by atoms with van der Waals surface area (Å²) < 4.78 is 30.8. The number of nitrogens with two attached hydrogens (primary N) is 1. The first-order valence-corrected chi connectivity index (χ1v) is 4.27. The second kappa shape index (κ2) is 4.35. The van der Waals surface area contributed by atoms with Crippen molar-refractivity contribution in [1.29, 1.82) is 0 Å². The van der Waals surface area contributed by atoms with E-state index >= 15 is 0 Å². The van der Waals surface area contributed by atoms with Crippen molar-refractivity contribution >= 4 is 5.97 Å². The highest BCUT2D eigenvalue weighted by atomic mass is 19.2. The molecule has 1 atom stereocenters. The van der Waals surface area contributed by atoms with Crippen molar-refractivity contribution in [3.8, 4) is 0 Å². The van der Waals surface area contributed by atoms with Gasteiger partial charge in [0.2, 0.25) is 0 Å². The predicted molar refractivity (Wildman–Crippen MR) is 50.0 cm³/mol. The lowest BCUT2D eigenvalue weighted by Crippen LogP contribution is -2.24. The number of halogens is 2. The van der Waals surface area contributed by atoms with Gasteiger partial charge < -0.3 is 10.5 Å². The average Bonchev–Trinajstić information content (AvgIpc) is 2.24. The molecular weight excluding hydrogens is 204 g/mol. The number of rotatable bonds is 2. The van der Waals surface area contributed by atoms with Crippen LogP contribution in [0.15, 0.2) is 12.1 Å². The van der Waals surface area contributed by atoms with Gasteiger partial charge in [0.05, 0.1) is 7.11 Å². The van der Waals surface area contributed by atoms with Gasteiger partial charge in [-0.25, -0.2) is 8.78 Å². The summed E-state index contributed by atoms with van der Waals surface area (Å²) in [6, 6.07) is 1.33. The number of esters is 1. The molecule has 82 valence electrons. The quantitative estimate of drug-likeness (QED) is 0.759. The molecule has 0 aliphatic heterocycles. The zero-order valence-corrected chi connectivity index (χ0v) is 8.38. The molecule has 0 saturated heterocycles. The summed E-state index contributed by atoms with van der Waals surface area (Å²) >= 11 is 0. The third kappa shape index (κ3) is 2.12.